The number of methoxy groups -OCH3 is 1. The Bertz CT molecular complexity index is 826. The Morgan fingerprint density at radius 1 is 1.18 bits per heavy atom. The van der Waals surface area contributed by atoms with Crippen LogP contribution in [0.3, 0.4) is 0 Å². The van der Waals surface area contributed by atoms with E-state index in [1.165, 1.54) is 0 Å². The van der Waals surface area contributed by atoms with E-state index in [0.29, 0.717) is 29.6 Å². The molecule has 0 bridgehead atoms. The molecule has 3 rings (SSSR count). The predicted molar refractivity (Wildman–Crippen MR) is 115 cm³/mol. The Morgan fingerprint density at radius 3 is 2.54 bits per heavy atom. The lowest BCUT2D eigenvalue weighted by atomic mass is 10.2. The minimum atomic E-state index is 0.00593. The zero-order valence-corrected chi connectivity index (χ0v) is 16.9. The van der Waals surface area contributed by atoms with Gasteiger partial charge in [-0.1, -0.05) is 12.1 Å². The summed E-state index contributed by atoms with van der Waals surface area (Å²) in [5, 5.41) is 6.88. The quantitative estimate of drug-likeness (QED) is 0.694. The number of carbonyl (C=O) groups is 1. The van der Waals surface area contributed by atoms with Gasteiger partial charge in [-0.05, 0) is 62.0 Å². The fourth-order valence-corrected chi connectivity index (χ4v) is 3.35. The average molecular weight is 400 g/mol. The summed E-state index contributed by atoms with van der Waals surface area (Å²) in [5.74, 6) is 1.58. The molecule has 0 radical (unpaired) electrons. The molecule has 6 nitrogen and oxygen atoms in total. The molecule has 1 heterocycles. The van der Waals surface area contributed by atoms with Crippen LogP contribution < -0.4 is 25.0 Å². The van der Waals surface area contributed by atoms with Crippen LogP contribution in [0.5, 0.6) is 11.5 Å². The zero-order chi connectivity index (χ0) is 19.9. The SMILES string of the molecule is COc1ccccc1OC[C@@H](C)NC(=S)Nc1ccc(N2CCCC2=O)cc1. The third-order valence-corrected chi connectivity index (χ3v) is 4.67. The van der Waals surface area contributed by atoms with Crippen LogP contribution in [0.1, 0.15) is 19.8 Å². The molecule has 2 aromatic carbocycles. The van der Waals surface area contributed by atoms with E-state index in [-0.39, 0.29) is 11.9 Å². The van der Waals surface area contributed by atoms with E-state index in [0.717, 1.165) is 24.3 Å². The maximum Gasteiger partial charge on any atom is 0.227 e. The molecule has 1 aliphatic rings. The van der Waals surface area contributed by atoms with Gasteiger partial charge in [0.25, 0.3) is 0 Å². The van der Waals surface area contributed by atoms with Crippen LogP contribution in [0.15, 0.2) is 48.5 Å². The Balaban J connectivity index is 1.47. The van der Waals surface area contributed by atoms with Crippen LogP contribution in [0.25, 0.3) is 0 Å². The summed E-state index contributed by atoms with van der Waals surface area (Å²) in [6.07, 6.45) is 1.55. The molecule has 0 saturated carbocycles. The smallest absolute Gasteiger partial charge is 0.227 e. The van der Waals surface area contributed by atoms with Gasteiger partial charge >= 0.3 is 0 Å². The molecule has 1 aliphatic heterocycles. The number of hydrogen-bond donors (Lipinski definition) is 2. The van der Waals surface area contributed by atoms with Gasteiger partial charge in [-0.2, -0.15) is 0 Å². The van der Waals surface area contributed by atoms with Gasteiger partial charge in [0, 0.05) is 24.3 Å². The lowest BCUT2D eigenvalue weighted by Gasteiger charge is -2.19. The first-order chi connectivity index (χ1) is 13.6. The molecule has 0 aliphatic carbocycles. The van der Waals surface area contributed by atoms with Crippen molar-refractivity contribution in [1.29, 1.82) is 0 Å². The molecule has 28 heavy (non-hydrogen) atoms. The Hall–Kier alpha value is -2.80. The minimum Gasteiger partial charge on any atom is -0.493 e. The fraction of sp³-hybridized carbons (Fsp3) is 0.333. The van der Waals surface area contributed by atoms with E-state index in [4.69, 9.17) is 21.7 Å². The number of thiocarbonyl (C=S) groups is 1. The molecule has 148 valence electrons. The molecule has 0 unspecified atom stereocenters. The highest BCUT2D eigenvalue weighted by Gasteiger charge is 2.21. The van der Waals surface area contributed by atoms with E-state index in [2.05, 4.69) is 10.6 Å². The highest BCUT2D eigenvalue weighted by atomic mass is 32.1. The number of ether oxygens (including phenoxy) is 2. The topological polar surface area (TPSA) is 62.8 Å². The fourth-order valence-electron chi connectivity index (χ4n) is 3.03. The molecule has 7 heteroatoms. The van der Waals surface area contributed by atoms with Crippen LogP contribution in [-0.4, -0.2) is 37.3 Å². The number of amides is 1. The molecule has 1 atom stereocenters. The summed E-state index contributed by atoms with van der Waals surface area (Å²) in [5.41, 5.74) is 1.79. The second-order valence-corrected chi connectivity index (χ2v) is 7.07. The van der Waals surface area contributed by atoms with Crippen LogP contribution in [0.4, 0.5) is 11.4 Å². The summed E-state index contributed by atoms with van der Waals surface area (Å²) in [6.45, 7) is 3.22. The number of nitrogens with zero attached hydrogens (tertiary/aromatic N) is 1. The number of para-hydroxylation sites is 2. The number of nitrogens with one attached hydrogen (secondary N) is 2. The van der Waals surface area contributed by atoms with E-state index in [9.17, 15) is 4.79 Å². The van der Waals surface area contributed by atoms with Gasteiger partial charge in [-0.15, -0.1) is 0 Å². The standard InChI is InChI=1S/C21H25N3O3S/c1-15(14-27-19-7-4-3-6-18(19)26-2)22-21(28)23-16-9-11-17(12-10-16)24-13-5-8-20(24)25/h3-4,6-7,9-12,15H,5,8,13-14H2,1-2H3,(H2,22,23,28)/t15-/m1/s1. The monoisotopic (exact) mass is 399 g/mol. The third-order valence-electron chi connectivity index (χ3n) is 4.45. The maximum absolute atomic E-state index is 11.8. The summed E-state index contributed by atoms with van der Waals surface area (Å²) < 4.78 is 11.1. The van der Waals surface area contributed by atoms with Crippen molar-refractivity contribution < 1.29 is 14.3 Å². The van der Waals surface area contributed by atoms with Crippen molar-refractivity contribution in [2.45, 2.75) is 25.8 Å². The van der Waals surface area contributed by atoms with Crippen LogP contribution >= 0.6 is 12.2 Å². The van der Waals surface area contributed by atoms with Gasteiger partial charge in [-0.3, -0.25) is 4.79 Å². The van der Waals surface area contributed by atoms with Crippen molar-refractivity contribution in [3.8, 4) is 11.5 Å². The van der Waals surface area contributed by atoms with Gasteiger partial charge in [0.15, 0.2) is 16.6 Å². The van der Waals surface area contributed by atoms with Crippen molar-refractivity contribution in [3.63, 3.8) is 0 Å². The molecule has 0 aromatic heterocycles. The minimum absolute atomic E-state index is 0.00593. The molecular formula is C21H25N3O3S. The molecule has 0 spiro atoms. The number of rotatable bonds is 7. The van der Waals surface area contributed by atoms with Gasteiger partial charge in [0.2, 0.25) is 5.91 Å². The van der Waals surface area contributed by atoms with E-state index >= 15 is 0 Å². The normalized spacial score (nSPS) is 14.5. The number of benzene rings is 2. The van der Waals surface area contributed by atoms with Gasteiger partial charge in [0.1, 0.15) is 6.61 Å². The number of carbonyl (C=O) groups excluding carboxylic acids is 1. The third kappa shape index (κ3) is 5.13. The van der Waals surface area contributed by atoms with Crippen molar-refractivity contribution in [2.24, 2.45) is 0 Å². The van der Waals surface area contributed by atoms with E-state index in [1.54, 1.807) is 7.11 Å². The lowest BCUT2D eigenvalue weighted by molar-refractivity contribution is -0.117. The first-order valence-corrected chi connectivity index (χ1v) is 9.71. The average Bonchev–Trinajstić information content (AvgIpc) is 3.13. The van der Waals surface area contributed by atoms with Gasteiger partial charge in [-0.25, -0.2) is 0 Å². The van der Waals surface area contributed by atoms with Crippen LogP contribution in [0.2, 0.25) is 0 Å². The summed E-state index contributed by atoms with van der Waals surface area (Å²) in [6, 6.07) is 15.2. The predicted octanol–water partition coefficient (Wildman–Crippen LogP) is 3.58. The van der Waals surface area contributed by atoms with Crippen molar-refractivity contribution in [3.05, 3.63) is 48.5 Å². The molecule has 1 fully saturated rings. The highest BCUT2D eigenvalue weighted by molar-refractivity contribution is 7.80. The summed E-state index contributed by atoms with van der Waals surface area (Å²) >= 11 is 5.38. The second-order valence-electron chi connectivity index (χ2n) is 6.66. The van der Waals surface area contributed by atoms with Crippen molar-refractivity contribution >= 4 is 34.6 Å². The Kier molecular flexibility index (Phi) is 6.71. The largest absolute Gasteiger partial charge is 0.493 e. The second kappa shape index (κ2) is 9.41. The Labute approximate surface area is 170 Å². The highest BCUT2D eigenvalue weighted by Crippen LogP contribution is 2.26. The lowest BCUT2D eigenvalue weighted by Crippen LogP contribution is -2.39. The Morgan fingerprint density at radius 2 is 1.89 bits per heavy atom. The van der Waals surface area contributed by atoms with Crippen molar-refractivity contribution in [2.75, 3.05) is 30.5 Å². The van der Waals surface area contributed by atoms with Gasteiger partial charge in [0.05, 0.1) is 13.2 Å². The zero-order valence-electron chi connectivity index (χ0n) is 16.1. The molecule has 1 saturated heterocycles. The van der Waals surface area contributed by atoms with E-state index in [1.807, 2.05) is 60.4 Å². The van der Waals surface area contributed by atoms with Crippen molar-refractivity contribution in [1.82, 2.24) is 5.32 Å². The summed E-state index contributed by atoms with van der Waals surface area (Å²) in [4.78, 5) is 13.6. The molecule has 2 aromatic rings. The van der Waals surface area contributed by atoms with Gasteiger partial charge < -0.3 is 25.0 Å². The van der Waals surface area contributed by atoms with E-state index < -0.39 is 0 Å². The first-order valence-electron chi connectivity index (χ1n) is 9.30. The first kappa shape index (κ1) is 19.9. The molecule has 2 N–H and O–H groups in total. The van der Waals surface area contributed by atoms with Crippen LogP contribution in [0, 0.1) is 0 Å². The number of anilines is 2. The van der Waals surface area contributed by atoms with Crippen LogP contribution in [-0.2, 0) is 4.79 Å². The number of hydrogen-bond acceptors (Lipinski definition) is 4. The maximum atomic E-state index is 11.8. The molecule has 1 amide bonds. The summed E-state index contributed by atoms with van der Waals surface area (Å²) in [7, 11) is 1.62. The molecular weight excluding hydrogens is 374 g/mol.